The number of likely N-dealkylation sites (tertiary alicyclic amines) is 1. The summed E-state index contributed by atoms with van der Waals surface area (Å²) in [5, 5.41) is 9.39. The number of piperidine rings is 1. The Morgan fingerprint density at radius 3 is 2.15 bits per heavy atom. The first-order valence-electron chi connectivity index (χ1n) is 8.96. The predicted molar refractivity (Wildman–Crippen MR) is 96.4 cm³/mol. The maximum atomic E-state index is 12.9. The molecule has 2 unspecified atom stereocenters. The van der Waals surface area contributed by atoms with Gasteiger partial charge in [-0.05, 0) is 49.6 Å². The van der Waals surface area contributed by atoms with Crippen LogP contribution in [-0.2, 0) is 11.0 Å². The van der Waals surface area contributed by atoms with Gasteiger partial charge in [-0.15, -0.1) is 0 Å². The lowest BCUT2D eigenvalue weighted by Gasteiger charge is -2.37. The van der Waals surface area contributed by atoms with Crippen molar-refractivity contribution in [1.29, 1.82) is 0 Å². The molecule has 1 N–H and O–H groups in total. The third-order valence-corrected chi connectivity index (χ3v) is 5.11. The minimum atomic E-state index is -4.38. The van der Waals surface area contributed by atoms with Crippen LogP contribution in [0.25, 0.3) is 0 Å². The van der Waals surface area contributed by atoms with Gasteiger partial charge in [0.25, 0.3) is 0 Å². The highest BCUT2D eigenvalue weighted by atomic mass is 19.4. The molecule has 3 nitrogen and oxygen atoms in total. The van der Waals surface area contributed by atoms with Crippen LogP contribution in [-0.4, -0.2) is 29.1 Å². The molecule has 0 radical (unpaired) electrons. The van der Waals surface area contributed by atoms with Gasteiger partial charge in [-0.25, -0.2) is 0 Å². The number of alkyl halides is 3. The number of carboxylic acid groups (broad SMARTS) is 1. The van der Waals surface area contributed by atoms with E-state index < -0.39 is 23.6 Å². The van der Waals surface area contributed by atoms with Gasteiger partial charge in [-0.3, -0.25) is 9.69 Å². The first-order chi connectivity index (χ1) is 12.8. The quantitative estimate of drug-likeness (QED) is 0.824. The van der Waals surface area contributed by atoms with Crippen molar-refractivity contribution in [2.45, 2.75) is 32.0 Å². The molecule has 0 saturated carbocycles. The predicted octanol–water partition coefficient (Wildman–Crippen LogP) is 4.90. The fourth-order valence-corrected chi connectivity index (χ4v) is 3.66. The number of aliphatic carboxylic acids is 1. The smallest absolute Gasteiger partial charge is 0.416 e. The summed E-state index contributed by atoms with van der Waals surface area (Å²) in [7, 11) is 0. The van der Waals surface area contributed by atoms with E-state index in [-0.39, 0.29) is 6.04 Å². The van der Waals surface area contributed by atoms with E-state index in [4.69, 9.17) is 0 Å². The van der Waals surface area contributed by atoms with Crippen LogP contribution in [0.5, 0.6) is 0 Å². The average molecular weight is 377 g/mol. The number of carboxylic acids is 1. The molecule has 1 aliphatic heterocycles. The minimum absolute atomic E-state index is 0.268. The lowest BCUT2D eigenvalue weighted by molar-refractivity contribution is -0.144. The van der Waals surface area contributed by atoms with E-state index in [1.165, 1.54) is 12.1 Å². The summed E-state index contributed by atoms with van der Waals surface area (Å²) >= 11 is 0. The van der Waals surface area contributed by atoms with Crippen LogP contribution in [0.3, 0.4) is 0 Å². The number of hydrogen-bond acceptors (Lipinski definition) is 2. The molecule has 144 valence electrons. The molecule has 0 amide bonds. The first kappa shape index (κ1) is 19.4. The number of hydrogen-bond donors (Lipinski definition) is 1. The summed E-state index contributed by atoms with van der Waals surface area (Å²) in [6.45, 7) is 3.07. The van der Waals surface area contributed by atoms with Crippen molar-refractivity contribution in [2.75, 3.05) is 13.1 Å². The van der Waals surface area contributed by atoms with Crippen molar-refractivity contribution in [3.63, 3.8) is 0 Å². The van der Waals surface area contributed by atoms with Crippen molar-refractivity contribution in [1.82, 2.24) is 4.90 Å². The van der Waals surface area contributed by atoms with E-state index >= 15 is 0 Å². The minimum Gasteiger partial charge on any atom is -0.481 e. The Hall–Kier alpha value is -2.34. The number of rotatable bonds is 4. The van der Waals surface area contributed by atoms with Crippen LogP contribution in [0.1, 0.15) is 41.1 Å². The molecule has 27 heavy (non-hydrogen) atoms. The summed E-state index contributed by atoms with van der Waals surface area (Å²) in [5.41, 5.74) is 2.09. The molecule has 0 spiro atoms. The molecule has 1 fully saturated rings. The SMILES string of the molecule is Cc1ccc(C(c2ccc(C(F)(F)F)cc2)N2CCCC(C(=O)O)C2)cc1. The average Bonchev–Trinajstić information content (AvgIpc) is 2.63. The summed E-state index contributed by atoms with van der Waals surface area (Å²) in [6.07, 6.45) is -3.00. The number of nitrogens with zero attached hydrogens (tertiary/aromatic N) is 1. The summed E-state index contributed by atoms with van der Waals surface area (Å²) in [5.74, 6) is -1.28. The monoisotopic (exact) mass is 377 g/mol. The maximum absolute atomic E-state index is 12.9. The van der Waals surface area contributed by atoms with Crippen molar-refractivity contribution >= 4 is 5.97 Å². The van der Waals surface area contributed by atoms with Gasteiger partial charge in [0.2, 0.25) is 0 Å². The Morgan fingerprint density at radius 2 is 1.63 bits per heavy atom. The van der Waals surface area contributed by atoms with Crippen molar-refractivity contribution in [3.05, 3.63) is 70.8 Å². The molecular formula is C21H22F3NO2. The van der Waals surface area contributed by atoms with Crippen LogP contribution >= 0.6 is 0 Å². The standard InChI is InChI=1S/C21H22F3NO2/c1-14-4-6-15(7-5-14)19(25-12-2-3-17(13-25)20(26)27)16-8-10-18(11-9-16)21(22,23)24/h4-11,17,19H,2-3,12-13H2,1H3,(H,26,27). The van der Waals surface area contributed by atoms with E-state index in [9.17, 15) is 23.1 Å². The highest BCUT2D eigenvalue weighted by Gasteiger charge is 2.33. The van der Waals surface area contributed by atoms with Gasteiger partial charge in [0.05, 0.1) is 17.5 Å². The van der Waals surface area contributed by atoms with Gasteiger partial charge < -0.3 is 5.11 Å². The van der Waals surface area contributed by atoms with Crippen LogP contribution in [0, 0.1) is 12.8 Å². The summed E-state index contributed by atoms with van der Waals surface area (Å²) < 4.78 is 38.7. The number of aryl methyl sites for hydroxylation is 1. The fourth-order valence-electron chi connectivity index (χ4n) is 3.66. The third-order valence-electron chi connectivity index (χ3n) is 5.11. The number of carbonyl (C=O) groups is 1. The number of halogens is 3. The molecule has 0 bridgehead atoms. The van der Waals surface area contributed by atoms with Crippen LogP contribution < -0.4 is 0 Å². The first-order valence-corrected chi connectivity index (χ1v) is 8.96. The topological polar surface area (TPSA) is 40.5 Å². The van der Waals surface area contributed by atoms with Gasteiger partial charge in [0.15, 0.2) is 0 Å². The fraction of sp³-hybridized carbons (Fsp3) is 0.381. The number of benzene rings is 2. The van der Waals surface area contributed by atoms with Crippen LogP contribution in [0.4, 0.5) is 13.2 Å². The highest BCUT2D eigenvalue weighted by molar-refractivity contribution is 5.70. The molecule has 2 aromatic carbocycles. The summed E-state index contributed by atoms with van der Waals surface area (Å²) in [4.78, 5) is 13.5. The van der Waals surface area contributed by atoms with Gasteiger partial charge in [-0.2, -0.15) is 13.2 Å². The van der Waals surface area contributed by atoms with Crippen molar-refractivity contribution < 1.29 is 23.1 Å². The second-order valence-electron chi connectivity index (χ2n) is 7.11. The Bertz CT molecular complexity index is 785. The Balaban J connectivity index is 1.97. The summed E-state index contributed by atoms with van der Waals surface area (Å²) in [6, 6.07) is 12.8. The molecule has 0 aliphatic carbocycles. The molecule has 3 rings (SSSR count). The van der Waals surface area contributed by atoms with Gasteiger partial charge in [0.1, 0.15) is 0 Å². The lowest BCUT2D eigenvalue weighted by Crippen LogP contribution is -2.41. The maximum Gasteiger partial charge on any atom is 0.416 e. The zero-order chi connectivity index (χ0) is 19.6. The zero-order valence-electron chi connectivity index (χ0n) is 15.0. The van der Waals surface area contributed by atoms with E-state index in [1.807, 2.05) is 31.2 Å². The molecule has 1 saturated heterocycles. The molecule has 6 heteroatoms. The van der Waals surface area contributed by atoms with Crippen molar-refractivity contribution in [3.8, 4) is 0 Å². The second kappa shape index (κ2) is 7.72. The van der Waals surface area contributed by atoms with Crippen LogP contribution in [0.15, 0.2) is 48.5 Å². The normalized spacial score (nSPS) is 19.6. The molecule has 1 heterocycles. The van der Waals surface area contributed by atoms with Gasteiger partial charge in [0, 0.05) is 6.54 Å². The molecule has 0 aromatic heterocycles. The van der Waals surface area contributed by atoms with E-state index in [1.54, 1.807) is 0 Å². The molecule has 2 atom stereocenters. The lowest BCUT2D eigenvalue weighted by atomic mass is 9.91. The van der Waals surface area contributed by atoms with E-state index in [0.29, 0.717) is 19.5 Å². The molecular weight excluding hydrogens is 355 g/mol. The largest absolute Gasteiger partial charge is 0.481 e. The Labute approximate surface area is 156 Å². The molecule has 1 aliphatic rings. The third kappa shape index (κ3) is 4.50. The Kier molecular flexibility index (Phi) is 5.56. The van der Waals surface area contributed by atoms with Crippen molar-refractivity contribution in [2.24, 2.45) is 5.92 Å². The highest BCUT2D eigenvalue weighted by Crippen LogP contribution is 2.35. The Morgan fingerprint density at radius 1 is 1.07 bits per heavy atom. The van der Waals surface area contributed by atoms with Gasteiger partial charge in [-0.1, -0.05) is 42.0 Å². The second-order valence-corrected chi connectivity index (χ2v) is 7.11. The van der Waals surface area contributed by atoms with Crippen LogP contribution in [0.2, 0.25) is 0 Å². The van der Waals surface area contributed by atoms with Gasteiger partial charge >= 0.3 is 12.1 Å². The molecule has 2 aromatic rings. The zero-order valence-corrected chi connectivity index (χ0v) is 15.0. The van der Waals surface area contributed by atoms with E-state index in [2.05, 4.69) is 4.90 Å². The van der Waals surface area contributed by atoms with E-state index in [0.717, 1.165) is 35.2 Å².